The number of hydrogen-bond donors (Lipinski definition) is 3. The second-order valence-electron chi connectivity index (χ2n) is 2.95. The van der Waals surface area contributed by atoms with E-state index in [4.69, 9.17) is 10.8 Å². The highest BCUT2D eigenvalue weighted by atomic mass is 32.1. The van der Waals surface area contributed by atoms with Crippen LogP contribution >= 0.6 is 12.9 Å². The van der Waals surface area contributed by atoms with Gasteiger partial charge in [-0.05, 0) is 24.1 Å². The first-order chi connectivity index (χ1) is 7.13. The van der Waals surface area contributed by atoms with Crippen molar-refractivity contribution in [3.8, 4) is 5.75 Å². The van der Waals surface area contributed by atoms with Crippen molar-refractivity contribution in [2.24, 2.45) is 5.73 Å². The molecule has 0 aliphatic heterocycles. The van der Waals surface area contributed by atoms with E-state index in [9.17, 15) is 4.79 Å². The maximum Gasteiger partial charge on any atom is 0.320 e. The Bertz CT molecular complexity index is 345. The summed E-state index contributed by atoms with van der Waals surface area (Å²) >= 11 is 3.43. The molecular weight excluding hydrogens is 218 g/mol. The summed E-state index contributed by atoms with van der Waals surface area (Å²) < 4.78 is 4.18. The van der Waals surface area contributed by atoms with Crippen LogP contribution in [-0.4, -0.2) is 17.1 Å². The van der Waals surface area contributed by atoms with Crippen LogP contribution in [0.25, 0.3) is 0 Å². The summed E-state index contributed by atoms with van der Waals surface area (Å²) in [7, 11) is 0. The number of thiol groups is 1. The van der Waals surface area contributed by atoms with Gasteiger partial charge in [-0.3, -0.25) is 4.79 Å². The zero-order chi connectivity index (χ0) is 11.3. The molecular formula is C9H11NO4S. The Morgan fingerprint density at radius 2 is 2.33 bits per heavy atom. The van der Waals surface area contributed by atoms with Gasteiger partial charge in [-0.1, -0.05) is 12.1 Å². The second kappa shape index (κ2) is 5.59. The lowest BCUT2D eigenvalue weighted by molar-refractivity contribution is -0.138. The molecule has 0 amide bonds. The summed E-state index contributed by atoms with van der Waals surface area (Å²) in [5.41, 5.74) is 6.14. The Morgan fingerprint density at radius 1 is 1.60 bits per heavy atom. The lowest BCUT2D eigenvalue weighted by atomic mass is 10.1. The summed E-state index contributed by atoms with van der Waals surface area (Å²) in [5.74, 6) is -0.591. The van der Waals surface area contributed by atoms with Crippen molar-refractivity contribution in [2.75, 3.05) is 0 Å². The number of rotatable bonds is 5. The van der Waals surface area contributed by atoms with Crippen LogP contribution in [0.2, 0.25) is 0 Å². The number of nitrogens with two attached hydrogens (primary N) is 1. The average molecular weight is 229 g/mol. The topological polar surface area (TPSA) is 81.8 Å². The van der Waals surface area contributed by atoms with Gasteiger partial charge in [0.1, 0.15) is 6.04 Å². The summed E-state index contributed by atoms with van der Waals surface area (Å²) in [4.78, 5) is 15.2. The normalized spacial score (nSPS) is 12.1. The third-order valence-electron chi connectivity index (χ3n) is 1.80. The van der Waals surface area contributed by atoms with Gasteiger partial charge in [0.15, 0.2) is 5.75 Å². The van der Waals surface area contributed by atoms with E-state index in [-0.39, 0.29) is 6.42 Å². The van der Waals surface area contributed by atoms with Crippen molar-refractivity contribution >= 4 is 18.9 Å². The first-order valence-electron chi connectivity index (χ1n) is 4.19. The molecule has 0 fully saturated rings. The largest absolute Gasteiger partial charge is 0.480 e. The predicted molar refractivity (Wildman–Crippen MR) is 56.5 cm³/mol. The zero-order valence-corrected chi connectivity index (χ0v) is 8.68. The highest BCUT2D eigenvalue weighted by Gasteiger charge is 2.12. The van der Waals surface area contributed by atoms with E-state index in [2.05, 4.69) is 22.1 Å². The molecule has 0 aliphatic rings. The first kappa shape index (κ1) is 11.8. The Morgan fingerprint density at radius 3 is 2.93 bits per heavy atom. The zero-order valence-electron chi connectivity index (χ0n) is 7.79. The SMILES string of the molecule is NC(Cc1cccc(OOS)c1)C(=O)O. The van der Waals surface area contributed by atoms with Crippen LogP contribution in [-0.2, 0) is 15.5 Å². The van der Waals surface area contributed by atoms with Gasteiger partial charge in [0.2, 0.25) is 0 Å². The Balaban J connectivity index is 2.68. The number of carboxylic acids is 1. The van der Waals surface area contributed by atoms with Gasteiger partial charge in [-0.25, -0.2) is 0 Å². The van der Waals surface area contributed by atoms with Crippen LogP contribution < -0.4 is 10.6 Å². The van der Waals surface area contributed by atoms with Gasteiger partial charge in [-0.2, -0.15) is 0 Å². The molecule has 15 heavy (non-hydrogen) atoms. The highest BCUT2D eigenvalue weighted by Crippen LogP contribution is 2.15. The first-order valence-corrected chi connectivity index (χ1v) is 4.55. The fraction of sp³-hybridized carbons (Fsp3) is 0.222. The molecule has 5 nitrogen and oxygen atoms in total. The number of carbonyl (C=O) groups is 1. The van der Waals surface area contributed by atoms with E-state index in [0.717, 1.165) is 5.56 Å². The molecule has 0 bridgehead atoms. The van der Waals surface area contributed by atoms with Gasteiger partial charge >= 0.3 is 5.97 Å². The van der Waals surface area contributed by atoms with E-state index >= 15 is 0 Å². The van der Waals surface area contributed by atoms with Crippen LogP contribution in [0.4, 0.5) is 0 Å². The monoisotopic (exact) mass is 229 g/mol. The van der Waals surface area contributed by atoms with E-state index in [1.165, 1.54) is 0 Å². The smallest absolute Gasteiger partial charge is 0.320 e. The third kappa shape index (κ3) is 3.78. The molecule has 1 unspecified atom stereocenters. The molecule has 82 valence electrons. The van der Waals surface area contributed by atoms with Gasteiger partial charge < -0.3 is 15.7 Å². The van der Waals surface area contributed by atoms with Gasteiger partial charge in [0, 0.05) is 12.9 Å². The number of aliphatic carboxylic acids is 1. The molecule has 0 spiro atoms. The van der Waals surface area contributed by atoms with Crippen molar-refractivity contribution in [2.45, 2.75) is 12.5 Å². The maximum absolute atomic E-state index is 10.5. The summed E-state index contributed by atoms with van der Waals surface area (Å²) in [5, 5.41) is 8.62. The van der Waals surface area contributed by atoms with Gasteiger partial charge in [0.05, 0.1) is 0 Å². The van der Waals surface area contributed by atoms with Crippen LogP contribution in [0.15, 0.2) is 24.3 Å². The lowest BCUT2D eigenvalue weighted by Gasteiger charge is -2.07. The summed E-state index contributed by atoms with van der Waals surface area (Å²) in [6.07, 6.45) is 0.235. The molecule has 0 aromatic heterocycles. The average Bonchev–Trinajstić information content (AvgIpc) is 2.18. The quantitative estimate of drug-likeness (QED) is 0.301. The van der Waals surface area contributed by atoms with Crippen molar-refractivity contribution in [1.29, 1.82) is 0 Å². The molecule has 0 radical (unpaired) electrons. The predicted octanol–water partition coefficient (Wildman–Crippen LogP) is 0.796. The molecule has 6 heteroatoms. The Labute approximate surface area is 92.3 Å². The molecule has 1 aromatic rings. The van der Waals surface area contributed by atoms with Crippen LogP contribution in [0.1, 0.15) is 5.56 Å². The molecule has 1 aromatic carbocycles. The maximum atomic E-state index is 10.5. The summed E-state index contributed by atoms with van der Waals surface area (Å²) in [6.45, 7) is 0. The molecule has 1 atom stereocenters. The number of benzene rings is 1. The third-order valence-corrected chi connectivity index (χ3v) is 1.88. The molecule has 0 heterocycles. The van der Waals surface area contributed by atoms with Gasteiger partial charge in [0.25, 0.3) is 0 Å². The molecule has 0 saturated carbocycles. The van der Waals surface area contributed by atoms with Crippen molar-refractivity contribution in [3.63, 3.8) is 0 Å². The van der Waals surface area contributed by atoms with Crippen LogP contribution in [0.5, 0.6) is 5.75 Å². The molecule has 3 N–H and O–H groups in total. The van der Waals surface area contributed by atoms with E-state index in [1.807, 2.05) is 0 Å². The van der Waals surface area contributed by atoms with Crippen molar-refractivity contribution in [1.82, 2.24) is 0 Å². The fourth-order valence-corrected chi connectivity index (χ4v) is 1.19. The minimum absolute atomic E-state index is 0.235. The highest BCUT2D eigenvalue weighted by molar-refractivity contribution is 7.74. The minimum Gasteiger partial charge on any atom is -0.480 e. The number of carboxylic acid groups (broad SMARTS) is 1. The lowest BCUT2D eigenvalue weighted by Crippen LogP contribution is -2.32. The molecule has 0 aliphatic carbocycles. The van der Waals surface area contributed by atoms with Crippen molar-refractivity contribution in [3.05, 3.63) is 29.8 Å². The Kier molecular flexibility index (Phi) is 4.41. The van der Waals surface area contributed by atoms with Crippen molar-refractivity contribution < 1.29 is 19.1 Å². The van der Waals surface area contributed by atoms with Gasteiger partial charge in [-0.15, -0.1) is 4.33 Å². The van der Waals surface area contributed by atoms with Crippen LogP contribution in [0.3, 0.4) is 0 Å². The fourth-order valence-electron chi connectivity index (χ4n) is 1.11. The van der Waals surface area contributed by atoms with Crippen LogP contribution in [0, 0.1) is 0 Å². The summed E-state index contributed by atoms with van der Waals surface area (Å²) in [6, 6.07) is 5.85. The second-order valence-corrected chi connectivity index (χ2v) is 3.10. The van der Waals surface area contributed by atoms with E-state index < -0.39 is 12.0 Å². The molecule has 1 rings (SSSR count). The Hall–Kier alpha value is -1.24. The molecule has 0 saturated heterocycles. The standard InChI is InChI=1S/C9H11NO4S/c10-8(9(11)12)5-6-2-1-3-7(4-6)13-14-15/h1-4,8,15H,5,10H2,(H,11,12). The minimum atomic E-state index is -1.04. The van der Waals surface area contributed by atoms with E-state index in [1.54, 1.807) is 24.3 Å². The van der Waals surface area contributed by atoms with E-state index in [0.29, 0.717) is 5.75 Å². The number of hydrogen-bond acceptors (Lipinski definition) is 5.